The minimum atomic E-state index is 0.0628. The number of aryl methyl sites for hydroxylation is 2. The molecule has 0 N–H and O–H groups in total. The summed E-state index contributed by atoms with van der Waals surface area (Å²) in [4.78, 5) is 0. The van der Waals surface area contributed by atoms with Crippen molar-refractivity contribution in [3.8, 4) is 0 Å². The van der Waals surface area contributed by atoms with Crippen molar-refractivity contribution in [3.05, 3.63) is 29.3 Å². The molecule has 74 valence electrons. The third kappa shape index (κ3) is 3.48. The van der Waals surface area contributed by atoms with Gasteiger partial charge in [-0.3, -0.25) is 0 Å². The van der Waals surface area contributed by atoms with E-state index in [0.717, 1.165) is 0 Å². The molecule has 0 nitrogen and oxygen atoms in total. The van der Waals surface area contributed by atoms with Crippen LogP contribution >= 0.6 is 7.92 Å². The molecular weight excluding hydrogens is 175 g/mol. The van der Waals surface area contributed by atoms with Gasteiger partial charge in [-0.15, -0.1) is 0 Å². The summed E-state index contributed by atoms with van der Waals surface area (Å²) in [7, 11) is 0.0628. The lowest BCUT2D eigenvalue weighted by Crippen LogP contribution is -2.07. The van der Waals surface area contributed by atoms with E-state index in [1.165, 1.54) is 11.1 Å². The zero-order chi connectivity index (χ0) is 10.4. The SMILES string of the molecule is CC.Cc1cccc(C)c1P(C)C. The van der Waals surface area contributed by atoms with E-state index >= 15 is 0 Å². The van der Waals surface area contributed by atoms with Crippen LogP contribution in [0.3, 0.4) is 0 Å². The normalized spacial score (nSPS) is 9.46. The van der Waals surface area contributed by atoms with Gasteiger partial charge in [-0.1, -0.05) is 40.0 Å². The second-order valence-electron chi connectivity index (χ2n) is 3.13. The third-order valence-corrected chi connectivity index (χ3v) is 3.49. The van der Waals surface area contributed by atoms with Gasteiger partial charge in [0.2, 0.25) is 0 Å². The van der Waals surface area contributed by atoms with E-state index in [9.17, 15) is 0 Å². The molecule has 0 atom stereocenters. The summed E-state index contributed by atoms with van der Waals surface area (Å²) in [5.74, 6) is 0. The van der Waals surface area contributed by atoms with E-state index in [1.54, 1.807) is 5.30 Å². The zero-order valence-electron chi connectivity index (χ0n) is 9.68. The van der Waals surface area contributed by atoms with Gasteiger partial charge in [0.1, 0.15) is 0 Å². The Bertz CT molecular complexity index is 231. The van der Waals surface area contributed by atoms with Gasteiger partial charge in [-0.05, 0) is 43.6 Å². The maximum atomic E-state index is 2.31. The van der Waals surface area contributed by atoms with Crippen LogP contribution in [-0.4, -0.2) is 13.3 Å². The first-order chi connectivity index (χ1) is 6.13. The van der Waals surface area contributed by atoms with Crippen LogP contribution in [0.5, 0.6) is 0 Å². The highest BCUT2D eigenvalue weighted by Crippen LogP contribution is 2.27. The molecule has 0 saturated carbocycles. The molecule has 0 unspecified atom stereocenters. The average Bonchev–Trinajstić information content (AvgIpc) is 2.07. The van der Waals surface area contributed by atoms with Crippen LogP contribution < -0.4 is 5.30 Å². The smallest absolute Gasteiger partial charge is 0.0188 e. The molecule has 1 aromatic rings. The lowest BCUT2D eigenvalue weighted by atomic mass is 10.2. The van der Waals surface area contributed by atoms with Crippen molar-refractivity contribution < 1.29 is 0 Å². The first kappa shape index (κ1) is 12.7. The van der Waals surface area contributed by atoms with Crippen molar-refractivity contribution in [2.24, 2.45) is 0 Å². The predicted molar refractivity (Wildman–Crippen MR) is 65.7 cm³/mol. The molecule has 0 amide bonds. The highest BCUT2D eigenvalue weighted by atomic mass is 31.1. The highest BCUT2D eigenvalue weighted by molar-refractivity contribution is 7.64. The van der Waals surface area contributed by atoms with E-state index in [0.29, 0.717) is 0 Å². The second-order valence-corrected chi connectivity index (χ2v) is 5.37. The van der Waals surface area contributed by atoms with Crippen molar-refractivity contribution in [3.63, 3.8) is 0 Å². The molecule has 1 heteroatoms. The van der Waals surface area contributed by atoms with Crippen molar-refractivity contribution >= 4 is 13.2 Å². The van der Waals surface area contributed by atoms with Crippen LogP contribution in [0, 0.1) is 13.8 Å². The number of hydrogen-bond donors (Lipinski definition) is 0. The van der Waals surface area contributed by atoms with E-state index in [2.05, 4.69) is 45.4 Å². The van der Waals surface area contributed by atoms with E-state index in [4.69, 9.17) is 0 Å². The van der Waals surface area contributed by atoms with Crippen LogP contribution in [0.1, 0.15) is 25.0 Å². The molecule has 0 bridgehead atoms. The Balaban J connectivity index is 0.000000671. The van der Waals surface area contributed by atoms with Crippen molar-refractivity contribution in [1.29, 1.82) is 0 Å². The molecule has 0 aliphatic carbocycles. The zero-order valence-corrected chi connectivity index (χ0v) is 10.6. The Morgan fingerprint density at radius 1 is 0.923 bits per heavy atom. The summed E-state index contributed by atoms with van der Waals surface area (Å²) >= 11 is 0. The summed E-state index contributed by atoms with van der Waals surface area (Å²) in [6.45, 7) is 13.0. The topological polar surface area (TPSA) is 0 Å². The predicted octanol–water partition coefficient (Wildman–Crippen LogP) is 3.70. The van der Waals surface area contributed by atoms with Crippen LogP contribution in [-0.2, 0) is 0 Å². The fourth-order valence-corrected chi connectivity index (χ4v) is 3.07. The number of benzene rings is 1. The maximum Gasteiger partial charge on any atom is -0.0188 e. The summed E-state index contributed by atoms with van der Waals surface area (Å²) in [5.41, 5.74) is 2.89. The Hall–Kier alpha value is -0.350. The van der Waals surface area contributed by atoms with Gasteiger partial charge in [0.15, 0.2) is 0 Å². The van der Waals surface area contributed by atoms with Crippen LogP contribution in [0.25, 0.3) is 0 Å². The molecular formula is C12H21P. The van der Waals surface area contributed by atoms with E-state index < -0.39 is 0 Å². The standard InChI is InChI=1S/C10H15P.C2H6/c1-8-6-5-7-9(2)10(8)11(3)4;1-2/h5-7H,1-4H3;1-2H3. The summed E-state index contributed by atoms with van der Waals surface area (Å²) in [5, 5.41) is 1.57. The van der Waals surface area contributed by atoms with Crippen molar-refractivity contribution in [1.82, 2.24) is 0 Å². The quantitative estimate of drug-likeness (QED) is 0.601. The van der Waals surface area contributed by atoms with Crippen LogP contribution in [0.15, 0.2) is 18.2 Å². The van der Waals surface area contributed by atoms with Gasteiger partial charge < -0.3 is 0 Å². The summed E-state index contributed by atoms with van der Waals surface area (Å²) in [6.07, 6.45) is 0. The average molecular weight is 196 g/mol. The summed E-state index contributed by atoms with van der Waals surface area (Å²) < 4.78 is 0. The van der Waals surface area contributed by atoms with Crippen molar-refractivity contribution in [2.75, 3.05) is 13.3 Å². The molecule has 1 aromatic carbocycles. The van der Waals surface area contributed by atoms with E-state index in [1.807, 2.05) is 13.8 Å². The fourth-order valence-electron chi connectivity index (χ4n) is 1.51. The third-order valence-electron chi connectivity index (χ3n) is 1.89. The molecule has 0 spiro atoms. The number of hydrogen-bond acceptors (Lipinski definition) is 0. The molecule has 0 fully saturated rings. The highest BCUT2D eigenvalue weighted by Gasteiger charge is 2.04. The molecule has 0 aliphatic rings. The summed E-state index contributed by atoms with van der Waals surface area (Å²) in [6, 6.07) is 6.53. The van der Waals surface area contributed by atoms with Gasteiger partial charge in [0.25, 0.3) is 0 Å². The Labute approximate surface area is 84.1 Å². The molecule has 13 heavy (non-hydrogen) atoms. The molecule has 0 aromatic heterocycles. The van der Waals surface area contributed by atoms with Gasteiger partial charge in [-0.25, -0.2) is 0 Å². The first-order valence-electron chi connectivity index (χ1n) is 4.86. The Morgan fingerprint density at radius 2 is 1.31 bits per heavy atom. The number of rotatable bonds is 1. The maximum absolute atomic E-state index is 2.31. The molecule has 0 heterocycles. The lowest BCUT2D eigenvalue weighted by molar-refractivity contribution is 1.43. The van der Waals surface area contributed by atoms with Crippen LogP contribution in [0.2, 0.25) is 0 Å². The Kier molecular flexibility index (Phi) is 5.99. The fraction of sp³-hybridized carbons (Fsp3) is 0.500. The first-order valence-corrected chi connectivity index (χ1v) is 7.10. The van der Waals surface area contributed by atoms with Crippen molar-refractivity contribution in [2.45, 2.75) is 27.7 Å². The van der Waals surface area contributed by atoms with Crippen LogP contribution in [0.4, 0.5) is 0 Å². The van der Waals surface area contributed by atoms with Gasteiger partial charge >= 0.3 is 0 Å². The molecule has 0 radical (unpaired) electrons. The molecule has 0 aliphatic heterocycles. The minimum Gasteiger partial charge on any atom is -0.0811 e. The molecule has 1 rings (SSSR count). The second kappa shape index (κ2) is 6.16. The largest absolute Gasteiger partial charge is 0.0811 e. The van der Waals surface area contributed by atoms with Gasteiger partial charge in [-0.2, -0.15) is 0 Å². The monoisotopic (exact) mass is 196 g/mol. The minimum absolute atomic E-state index is 0.0628. The van der Waals surface area contributed by atoms with Gasteiger partial charge in [0, 0.05) is 0 Å². The van der Waals surface area contributed by atoms with E-state index in [-0.39, 0.29) is 7.92 Å². The molecule has 0 saturated heterocycles. The Morgan fingerprint density at radius 3 is 1.54 bits per heavy atom. The van der Waals surface area contributed by atoms with Gasteiger partial charge in [0.05, 0.1) is 0 Å². The lowest BCUT2D eigenvalue weighted by Gasteiger charge is -2.12.